The zero-order valence-electron chi connectivity index (χ0n) is 15.5. The van der Waals surface area contributed by atoms with E-state index in [1.807, 2.05) is 6.07 Å². The fraction of sp³-hybridized carbons (Fsp3) is 0.263. The average Bonchev–Trinajstić information content (AvgIpc) is 2.70. The van der Waals surface area contributed by atoms with Crippen molar-refractivity contribution in [2.75, 3.05) is 11.9 Å². The summed E-state index contributed by atoms with van der Waals surface area (Å²) in [5, 5.41) is 12.1. The molecular weight excluding hydrogens is 421 g/mol. The number of rotatable bonds is 2. The third-order valence-corrected chi connectivity index (χ3v) is 5.29. The summed E-state index contributed by atoms with van der Waals surface area (Å²) in [7, 11) is 0. The lowest BCUT2D eigenvalue weighted by molar-refractivity contribution is -0.173. The quantitative estimate of drug-likeness (QED) is 0.753. The van der Waals surface area contributed by atoms with Gasteiger partial charge in [-0.3, -0.25) is 9.98 Å². The third-order valence-electron chi connectivity index (χ3n) is 5.00. The topological polar surface area (TPSA) is 109 Å². The van der Waals surface area contributed by atoms with Crippen LogP contribution in [0.25, 0.3) is 0 Å². The number of nitriles is 1. The van der Waals surface area contributed by atoms with Crippen molar-refractivity contribution < 1.29 is 17.9 Å². The van der Waals surface area contributed by atoms with Crippen LogP contribution in [0.1, 0.15) is 29.3 Å². The monoisotopic (exact) mass is 434 g/mol. The highest BCUT2D eigenvalue weighted by Gasteiger charge is 2.57. The molecule has 7 nitrogen and oxygen atoms in total. The van der Waals surface area contributed by atoms with E-state index in [-0.39, 0.29) is 34.2 Å². The summed E-state index contributed by atoms with van der Waals surface area (Å²) in [6.07, 6.45) is 1.33. The summed E-state index contributed by atoms with van der Waals surface area (Å²) in [4.78, 5) is 11.8. The Labute approximate surface area is 174 Å². The van der Waals surface area contributed by atoms with E-state index in [1.165, 1.54) is 18.3 Å². The number of ether oxygens (including phenoxy) is 1. The molecule has 0 saturated heterocycles. The molecule has 2 aromatic rings. The Kier molecular flexibility index (Phi) is 4.58. The number of pyridine rings is 1. The summed E-state index contributed by atoms with van der Waals surface area (Å²) >= 11 is 6.18. The first kappa shape index (κ1) is 20.0. The van der Waals surface area contributed by atoms with Gasteiger partial charge in [-0.2, -0.15) is 14.0 Å². The number of amidine groups is 2. The second-order valence-electron chi connectivity index (χ2n) is 6.94. The maximum atomic E-state index is 14.8. The van der Waals surface area contributed by atoms with Crippen molar-refractivity contribution in [2.24, 2.45) is 15.7 Å². The highest BCUT2D eigenvalue weighted by Crippen LogP contribution is 2.45. The van der Waals surface area contributed by atoms with Crippen molar-refractivity contribution in [1.82, 2.24) is 4.98 Å². The summed E-state index contributed by atoms with van der Waals surface area (Å²) in [6.45, 7) is 0.220. The zero-order chi connectivity index (χ0) is 21.7. The van der Waals surface area contributed by atoms with Crippen LogP contribution in [0.5, 0.6) is 0 Å². The molecule has 30 heavy (non-hydrogen) atoms. The number of alkyl halides is 2. The molecular formula is C19H14ClF3N6O. The minimum atomic E-state index is -3.49. The molecule has 1 aromatic carbocycles. The van der Waals surface area contributed by atoms with Crippen LogP contribution in [0, 0.1) is 17.1 Å². The van der Waals surface area contributed by atoms with Gasteiger partial charge in [0.15, 0.2) is 5.84 Å². The first-order valence-electron chi connectivity index (χ1n) is 8.72. The Morgan fingerprint density at radius 3 is 2.77 bits per heavy atom. The standard InChI is InChI=1S/C19H14ClF3N6O/c1-18(19(22,23)8-28-17(25)30-18)11-4-14-10(3-13(11)21)7-27-16(29-14)15-12(20)2-9(5-24)6-26-15/h2-4,6H,7-8H2,1H3,(H2,25,28)(H,27,29)/t18-/m1/s1. The van der Waals surface area contributed by atoms with E-state index in [2.05, 4.69) is 20.3 Å². The maximum Gasteiger partial charge on any atom is 0.310 e. The normalized spacial score (nSPS) is 22.0. The smallest absolute Gasteiger partial charge is 0.310 e. The van der Waals surface area contributed by atoms with Gasteiger partial charge >= 0.3 is 5.92 Å². The molecule has 0 radical (unpaired) electrons. The van der Waals surface area contributed by atoms with Crippen molar-refractivity contribution >= 4 is 29.1 Å². The predicted molar refractivity (Wildman–Crippen MR) is 104 cm³/mol. The number of benzene rings is 1. The van der Waals surface area contributed by atoms with Crippen molar-refractivity contribution in [3.63, 3.8) is 0 Å². The molecule has 0 amide bonds. The number of fused-ring (bicyclic) bond motifs is 1. The van der Waals surface area contributed by atoms with Crippen LogP contribution >= 0.6 is 11.6 Å². The highest BCUT2D eigenvalue weighted by atomic mass is 35.5. The van der Waals surface area contributed by atoms with Crippen LogP contribution < -0.4 is 11.1 Å². The summed E-state index contributed by atoms with van der Waals surface area (Å²) in [6, 6.07) is 5.28. The fourth-order valence-corrected chi connectivity index (χ4v) is 3.52. The van der Waals surface area contributed by atoms with Gasteiger partial charge in [0.05, 0.1) is 17.1 Å². The Morgan fingerprint density at radius 1 is 1.30 bits per heavy atom. The molecule has 2 aliphatic rings. The minimum Gasteiger partial charge on any atom is -0.448 e. The Bertz CT molecular complexity index is 1160. The second-order valence-corrected chi connectivity index (χ2v) is 7.35. The molecule has 0 spiro atoms. The zero-order valence-corrected chi connectivity index (χ0v) is 16.3. The Morgan fingerprint density at radius 2 is 2.07 bits per heavy atom. The number of nitrogens with one attached hydrogen (secondary N) is 1. The van der Waals surface area contributed by atoms with Crippen molar-refractivity contribution in [3.8, 4) is 6.07 Å². The summed E-state index contributed by atoms with van der Waals surface area (Å²) < 4.78 is 49.2. The van der Waals surface area contributed by atoms with Gasteiger partial charge in [-0.15, -0.1) is 0 Å². The summed E-state index contributed by atoms with van der Waals surface area (Å²) in [5.74, 6) is -4.10. The third kappa shape index (κ3) is 3.11. The van der Waals surface area contributed by atoms with Crippen molar-refractivity contribution in [1.29, 1.82) is 5.26 Å². The van der Waals surface area contributed by atoms with Crippen LogP contribution in [0.3, 0.4) is 0 Å². The number of halogens is 4. The van der Waals surface area contributed by atoms with Gasteiger partial charge in [0.1, 0.15) is 24.1 Å². The van der Waals surface area contributed by atoms with Gasteiger partial charge in [0.2, 0.25) is 5.60 Å². The van der Waals surface area contributed by atoms with Gasteiger partial charge in [-0.25, -0.2) is 9.38 Å². The van der Waals surface area contributed by atoms with Gasteiger partial charge in [0.25, 0.3) is 6.02 Å². The largest absolute Gasteiger partial charge is 0.448 e. The molecule has 2 aliphatic heterocycles. The van der Waals surface area contributed by atoms with Crippen LogP contribution in [0.2, 0.25) is 5.02 Å². The molecule has 0 unspecified atom stereocenters. The molecule has 4 rings (SSSR count). The van der Waals surface area contributed by atoms with E-state index in [0.717, 1.165) is 13.0 Å². The fourth-order valence-electron chi connectivity index (χ4n) is 3.26. The SMILES string of the molecule is C[C@]1(c2cc3c(cc2F)CN=C(c2ncc(C#N)cc2Cl)N3)OC(N)=NCC1(F)F. The van der Waals surface area contributed by atoms with Crippen LogP contribution in [-0.4, -0.2) is 29.3 Å². The van der Waals surface area contributed by atoms with E-state index in [9.17, 15) is 13.2 Å². The van der Waals surface area contributed by atoms with E-state index in [0.29, 0.717) is 11.3 Å². The van der Waals surface area contributed by atoms with Crippen molar-refractivity contribution in [3.05, 3.63) is 57.6 Å². The van der Waals surface area contributed by atoms with Crippen molar-refractivity contribution in [2.45, 2.75) is 25.0 Å². The minimum absolute atomic E-state index is 0.0738. The number of aromatic nitrogens is 1. The van der Waals surface area contributed by atoms with Gasteiger partial charge in [-0.1, -0.05) is 11.6 Å². The average molecular weight is 435 g/mol. The summed E-state index contributed by atoms with van der Waals surface area (Å²) in [5.41, 5.74) is 4.10. The molecule has 11 heteroatoms. The molecule has 0 saturated carbocycles. The van der Waals surface area contributed by atoms with E-state index >= 15 is 0 Å². The van der Waals surface area contributed by atoms with Gasteiger partial charge in [0, 0.05) is 23.0 Å². The van der Waals surface area contributed by atoms with Crippen LogP contribution in [0.4, 0.5) is 18.9 Å². The lowest BCUT2D eigenvalue weighted by Crippen LogP contribution is -2.53. The first-order chi connectivity index (χ1) is 14.1. The molecule has 1 aromatic heterocycles. The Balaban J connectivity index is 1.74. The Hall–Kier alpha value is -3.32. The molecule has 3 N–H and O–H groups in total. The number of hydrogen-bond acceptors (Lipinski definition) is 7. The lowest BCUT2D eigenvalue weighted by Gasteiger charge is -2.40. The van der Waals surface area contributed by atoms with Gasteiger partial charge in [-0.05, 0) is 25.1 Å². The van der Waals surface area contributed by atoms with Gasteiger partial charge < -0.3 is 15.8 Å². The molecule has 0 aliphatic carbocycles. The maximum absolute atomic E-state index is 14.8. The predicted octanol–water partition coefficient (Wildman–Crippen LogP) is 3.31. The van der Waals surface area contributed by atoms with Crippen LogP contribution in [-0.2, 0) is 16.9 Å². The molecule has 1 atom stereocenters. The number of anilines is 1. The first-order valence-corrected chi connectivity index (χ1v) is 9.09. The van der Waals surface area contributed by atoms with E-state index < -0.39 is 29.9 Å². The second kappa shape index (κ2) is 6.88. The number of aliphatic imine (C=N–C) groups is 2. The molecule has 0 bridgehead atoms. The van der Waals surface area contributed by atoms with E-state index in [1.54, 1.807) is 0 Å². The number of nitrogens with two attached hydrogens (primary N) is 1. The molecule has 0 fully saturated rings. The van der Waals surface area contributed by atoms with Crippen LogP contribution in [0.15, 0.2) is 34.4 Å². The molecule has 3 heterocycles. The molecule has 154 valence electrons. The number of nitrogens with zero attached hydrogens (tertiary/aromatic N) is 4. The highest BCUT2D eigenvalue weighted by molar-refractivity contribution is 6.34. The van der Waals surface area contributed by atoms with E-state index in [4.69, 9.17) is 27.3 Å². The number of hydrogen-bond donors (Lipinski definition) is 2. The lowest BCUT2D eigenvalue weighted by atomic mass is 9.86.